The predicted molar refractivity (Wildman–Crippen MR) is 37.1 cm³/mol. The summed E-state index contributed by atoms with van der Waals surface area (Å²) in [6.07, 6.45) is 1.19. The van der Waals surface area contributed by atoms with Crippen molar-refractivity contribution in [3.8, 4) is 0 Å². The smallest absolute Gasteiger partial charge is 0.105 e. The Kier molecular flexibility index (Phi) is 2.88. The fourth-order valence-electron chi connectivity index (χ4n) is 0.549. The summed E-state index contributed by atoms with van der Waals surface area (Å²) in [4.78, 5) is 0. The highest BCUT2D eigenvalue weighted by Crippen LogP contribution is 2.12. The maximum atomic E-state index is 9.22. The van der Waals surface area contributed by atoms with E-state index in [2.05, 4.69) is 6.58 Å². The van der Waals surface area contributed by atoms with E-state index in [4.69, 9.17) is 5.11 Å². The van der Waals surface area contributed by atoms with E-state index in [1.165, 1.54) is 13.0 Å². The van der Waals surface area contributed by atoms with Gasteiger partial charge in [-0.25, -0.2) is 0 Å². The molecule has 0 heterocycles. The molecular formula is C7H14O2. The van der Waals surface area contributed by atoms with Crippen LogP contribution in [0, 0.1) is 0 Å². The molecule has 54 valence electrons. The number of aliphatic hydroxyl groups is 2. The zero-order valence-corrected chi connectivity index (χ0v) is 5.96. The second-order valence-electron chi connectivity index (χ2n) is 2.35. The Morgan fingerprint density at radius 1 is 1.78 bits per heavy atom. The lowest BCUT2D eigenvalue weighted by molar-refractivity contribution is -0.0271. The minimum atomic E-state index is -1.13. The third kappa shape index (κ3) is 2.16. The first-order valence-corrected chi connectivity index (χ1v) is 3.08. The van der Waals surface area contributed by atoms with E-state index in [0.29, 0.717) is 6.42 Å². The highest BCUT2D eigenvalue weighted by Gasteiger charge is 2.24. The van der Waals surface area contributed by atoms with E-state index >= 15 is 0 Å². The molecule has 0 aliphatic heterocycles. The minimum Gasteiger partial charge on any atom is -0.390 e. The molecule has 0 aromatic heterocycles. The lowest BCUT2D eigenvalue weighted by Crippen LogP contribution is -2.36. The standard InChI is InChI=1S/C7H14O2/c1-4-6(8)7(3,9)5-2/h5-6,8-9H,2,4H2,1,3H3/t6-,7-/m1/s1. The van der Waals surface area contributed by atoms with Crippen LogP contribution in [0.25, 0.3) is 0 Å². The van der Waals surface area contributed by atoms with Crippen LogP contribution in [0.1, 0.15) is 20.3 Å². The van der Waals surface area contributed by atoms with Gasteiger partial charge in [0.2, 0.25) is 0 Å². The first kappa shape index (κ1) is 8.66. The van der Waals surface area contributed by atoms with Crippen LogP contribution in [0.3, 0.4) is 0 Å². The summed E-state index contributed by atoms with van der Waals surface area (Å²) in [5.74, 6) is 0. The van der Waals surface area contributed by atoms with Crippen molar-refractivity contribution in [2.45, 2.75) is 32.0 Å². The topological polar surface area (TPSA) is 40.5 Å². The SMILES string of the molecule is C=C[C@@](C)(O)[C@H](O)CC. The molecule has 0 aromatic carbocycles. The van der Waals surface area contributed by atoms with Crippen molar-refractivity contribution in [1.82, 2.24) is 0 Å². The van der Waals surface area contributed by atoms with E-state index in [1.54, 1.807) is 0 Å². The van der Waals surface area contributed by atoms with Crippen molar-refractivity contribution in [2.75, 3.05) is 0 Å². The molecule has 0 aromatic rings. The molecule has 0 aliphatic rings. The molecule has 0 saturated heterocycles. The van der Waals surface area contributed by atoms with Crippen LogP contribution < -0.4 is 0 Å². The molecule has 2 N–H and O–H groups in total. The zero-order valence-electron chi connectivity index (χ0n) is 5.96. The molecule has 0 spiro atoms. The fourth-order valence-corrected chi connectivity index (χ4v) is 0.549. The van der Waals surface area contributed by atoms with Crippen molar-refractivity contribution >= 4 is 0 Å². The summed E-state index contributed by atoms with van der Waals surface area (Å²) in [6, 6.07) is 0. The van der Waals surface area contributed by atoms with Crippen LogP contribution in [0.2, 0.25) is 0 Å². The van der Waals surface area contributed by atoms with Gasteiger partial charge < -0.3 is 10.2 Å². The Hall–Kier alpha value is -0.340. The van der Waals surface area contributed by atoms with Crippen LogP contribution in [-0.4, -0.2) is 21.9 Å². The van der Waals surface area contributed by atoms with Gasteiger partial charge in [-0.1, -0.05) is 13.0 Å². The van der Waals surface area contributed by atoms with E-state index in [-0.39, 0.29) is 0 Å². The molecule has 0 saturated carbocycles. The second-order valence-corrected chi connectivity index (χ2v) is 2.35. The van der Waals surface area contributed by atoms with Crippen LogP contribution in [0.15, 0.2) is 12.7 Å². The summed E-state index contributed by atoms with van der Waals surface area (Å²) >= 11 is 0. The molecule has 0 unspecified atom stereocenters. The maximum absolute atomic E-state index is 9.22. The van der Waals surface area contributed by atoms with Gasteiger partial charge in [0.1, 0.15) is 5.60 Å². The fraction of sp³-hybridized carbons (Fsp3) is 0.714. The third-order valence-corrected chi connectivity index (χ3v) is 1.47. The zero-order chi connectivity index (χ0) is 7.49. The Balaban J connectivity index is 3.95. The molecule has 2 heteroatoms. The van der Waals surface area contributed by atoms with Gasteiger partial charge in [-0.2, -0.15) is 0 Å². The van der Waals surface area contributed by atoms with Crippen LogP contribution in [0.5, 0.6) is 0 Å². The first-order chi connectivity index (χ1) is 4.04. The predicted octanol–water partition coefficient (Wildman–Crippen LogP) is 0.694. The van der Waals surface area contributed by atoms with Gasteiger partial charge >= 0.3 is 0 Å². The van der Waals surface area contributed by atoms with Crippen molar-refractivity contribution < 1.29 is 10.2 Å². The van der Waals surface area contributed by atoms with Gasteiger partial charge in [0.25, 0.3) is 0 Å². The number of aliphatic hydroxyl groups excluding tert-OH is 1. The Bertz CT molecular complexity index is 97.1. The second kappa shape index (κ2) is 2.99. The number of hydrogen-bond acceptors (Lipinski definition) is 2. The average molecular weight is 130 g/mol. The van der Waals surface area contributed by atoms with Crippen molar-refractivity contribution in [1.29, 1.82) is 0 Å². The molecule has 0 aliphatic carbocycles. The largest absolute Gasteiger partial charge is 0.390 e. The van der Waals surface area contributed by atoms with E-state index in [9.17, 15) is 5.11 Å². The third-order valence-electron chi connectivity index (χ3n) is 1.47. The quantitative estimate of drug-likeness (QED) is 0.552. The van der Waals surface area contributed by atoms with Gasteiger partial charge in [0.15, 0.2) is 0 Å². The molecule has 0 amide bonds. The van der Waals surface area contributed by atoms with Crippen molar-refractivity contribution in [2.24, 2.45) is 0 Å². The normalized spacial score (nSPS) is 20.4. The molecule has 9 heavy (non-hydrogen) atoms. The molecule has 2 atom stereocenters. The van der Waals surface area contributed by atoms with Gasteiger partial charge in [-0.05, 0) is 13.3 Å². The summed E-state index contributed by atoms with van der Waals surface area (Å²) in [6.45, 7) is 6.74. The number of rotatable bonds is 3. The summed E-state index contributed by atoms with van der Waals surface area (Å²) < 4.78 is 0. The first-order valence-electron chi connectivity index (χ1n) is 3.08. The van der Waals surface area contributed by atoms with Crippen LogP contribution in [-0.2, 0) is 0 Å². The summed E-state index contributed by atoms with van der Waals surface area (Å²) in [5, 5.41) is 18.3. The highest BCUT2D eigenvalue weighted by atomic mass is 16.3. The Morgan fingerprint density at radius 2 is 2.22 bits per heavy atom. The summed E-state index contributed by atoms with van der Waals surface area (Å²) in [5.41, 5.74) is -1.13. The maximum Gasteiger partial charge on any atom is 0.105 e. The Morgan fingerprint density at radius 3 is 2.33 bits per heavy atom. The van der Waals surface area contributed by atoms with E-state index in [0.717, 1.165) is 0 Å². The Labute approximate surface area is 55.8 Å². The molecule has 0 bridgehead atoms. The van der Waals surface area contributed by atoms with E-state index in [1.807, 2.05) is 6.92 Å². The van der Waals surface area contributed by atoms with Crippen LogP contribution >= 0.6 is 0 Å². The van der Waals surface area contributed by atoms with Gasteiger partial charge in [-0.15, -0.1) is 6.58 Å². The molecule has 0 rings (SSSR count). The van der Waals surface area contributed by atoms with Gasteiger partial charge in [-0.3, -0.25) is 0 Å². The lowest BCUT2D eigenvalue weighted by atomic mass is 9.98. The lowest BCUT2D eigenvalue weighted by Gasteiger charge is -2.23. The molecule has 2 nitrogen and oxygen atoms in total. The van der Waals surface area contributed by atoms with Crippen molar-refractivity contribution in [3.05, 3.63) is 12.7 Å². The molecular weight excluding hydrogens is 116 g/mol. The van der Waals surface area contributed by atoms with Gasteiger partial charge in [0, 0.05) is 0 Å². The summed E-state index contributed by atoms with van der Waals surface area (Å²) in [7, 11) is 0. The highest BCUT2D eigenvalue weighted by molar-refractivity contribution is 4.96. The van der Waals surface area contributed by atoms with Gasteiger partial charge in [0.05, 0.1) is 6.10 Å². The van der Waals surface area contributed by atoms with E-state index < -0.39 is 11.7 Å². The average Bonchev–Trinajstić information content (AvgIpc) is 1.86. The minimum absolute atomic E-state index is 0.541. The van der Waals surface area contributed by atoms with Crippen molar-refractivity contribution in [3.63, 3.8) is 0 Å². The monoisotopic (exact) mass is 130 g/mol. The van der Waals surface area contributed by atoms with Crippen LogP contribution in [0.4, 0.5) is 0 Å². The molecule has 0 fully saturated rings. The number of hydrogen-bond donors (Lipinski definition) is 2. The molecule has 0 radical (unpaired) electrons.